The Hall–Kier alpha value is -0.730. The van der Waals surface area contributed by atoms with Crippen LogP contribution < -0.4 is 4.72 Å². The average molecular weight is 292 g/mol. The molecule has 0 aromatic heterocycles. The van der Waals surface area contributed by atoms with Crippen molar-refractivity contribution in [1.29, 1.82) is 0 Å². The van der Waals surface area contributed by atoms with Crippen LogP contribution in [0.2, 0.25) is 10.0 Å². The minimum Gasteiger partial charge on any atom is -0.211 e. The standard InChI is InChI=1S/C11H11Cl2NO2S/c1-2-3-4-5-14-17(15,16)11-7-9(12)6-10(13)8-11/h1,6-8,14H,3-5H2. The molecule has 0 spiro atoms. The molecular weight excluding hydrogens is 281 g/mol. The van der Waals surface area contributed by atoms with Crippen LogP contribution in [0.4, 0.5) is 0 Å². The molecule has 1 aromatic carbocycles. The van der Waals surface area contributed by atoms with Crippen LogP contribution in [0.25, 0.3) is 0 Å². The second kappa shape index (κ2) is 6.27. The highest BCUT2D eigenvalue weighted by atomic mass is 35.5. The number of sulfonamides is 1. The van der Waals surface area contributed by atoms with Crippen LogP contribution in [0.15, 0.2) is 23.1 Å². The molecule has 0 radical (unpaired) electrons. The molecule has 0 saturated heterocycles. The van der Waals surface area contributed by atoms with E-state index in [-0.39, 0.29) is 21.5 Å². The fraction of sp³-hybridized carbons (Fsp3) is 0.273. The number of rotatable bonds is 5. The van der Waals surface area contributed by atoms with E-state index in [1.165, 1.54) is 18.2 Å². The number of unbranched alkanes of at least 4 members (excludes halogenated alkanes) is 1. The van der Waals surface area contributed by atoms with Crippen LogP contribution in [-0.2, 0) is 10.0 Å². The van der Waals surface area contributed by atoms with Gasteiger partial charge >= 0.3 is 0 Å². The van der Waals surface area contributed by atoms with Gasteiger partial charge in [0.15, 0.2) is 0 Å². The molecule has 0 aliphatic heterocycles. The summed E-state index contributed by atoms with van der Waals surface area (Å²) in [7, 11) is -3.57. The number of terminal acetylenes is 1. The zero-order chi connectivity index (χ0) is 12.9. The molecule has 0 fully saturated rings. The predicted octanol–water partition coefficient (Wildman–Crippen LogP) is 2.69. The SMILES string of the molecule is C#CCCCNS(=O)(=O)c1cc(Cl)cc(Cl)c1. The maximum atomic E-state index is 11.8. The fourth-order valence-electron chi connectivity index (χ4n) is 1.16. The van der Waals surface area contributed by atoms with Gasteiger partial charge in [0.25, 0.3) is 0 Å². The van der Waals surface area contributed by atoms with Gasteiger partial charge in [-0.3, -0.25) is 0 Å². The van der Waals surface area contributed by atoms with E-state index in [1.807, 2.05) is 0 Å². The van der Waals surface area contributed by atoms with Crippen molar-refractivity contribution in [3.63, 3.8) is 0 Å². The van der Waals surface area contributed by atoms with Crippen LogP contribution >= 0.6 is 23.2 Å². The van der Waals surface area contributed by atoms with E-state index in [9.17, 15) is 8.42 Å². The average Bonchev–Trinajstić information content (AvgIpc) is 2.23. The maximum absolute atomic E-state index is 11.8. The van der Waals surface area contributed by atoms with Gasteiger partial charge < -0.3 is 0 Å². The zero-order valence-electron chi connectivity index (χ0n) is 8.91. The number of hydrogen-bond donors (Lipinski definition) is 1. The van der Waals surface area contributed by atoms with E-state index >= 15 is 0 Å². The largest absolute Gasteiger partial charge is 0.240 e. The Morgan fingerprint density at radius 3 is 2.35 bits per heavy atom. The van der Waals surface area contributed by atoms with Crippen molar-refractivity contribution < 1.29 is 8.42 Å². The quantitative estimate of drug-likeness (QED) is 0.670. The van der Waals surface area contributed by atoms with Gasteiger partial charge in [-0.1, -0.05) is 23.2 Å². The monoisotopic (exact) mass is 291 g/mol. The van der Waals surface area contributed by atoms with Crippen molar-refractivity contribution in [1.82, 2.24) is 4.72 Å². The van der Waals surface area contributed by atoms with Crippen molar-refractivity contribution in [2.24, 2.45) is 0 Å². The lowest BCUT2D eigenvalue weighted by Gasteiger charge is -2.06. The topological polar surface area (TPSA) is 46.2 Å². The van der Waals surface area contributed by atoms with E-state index in [0.29, 0.717) is 12.8 Å². The van der Waals surface area contributed by atoms with Gasteiger partial charge in [0, 0.05) is 23.0 Å². The molecule has 0 amide bonds. The van der Waals surface area contributed by atoms with E-state index < -0.39 is 10.0 Å². The Bertz CT molecular complexity index is 515. The lowest BCUT2D eigenvalue weighted by molar-refractivity contribution is 0.579. The Kier molecular flexibility index (Phi) is 5.29. The third-order valence-electron chi connectivity index (χ3n) is 1.94. The molecule has 1 aromatic rings. The Morgan fingerprint density at radius 1 is 1.24 bits per heavy atom. The Morgan fingerprint density at radius 2 is 1.82 bits per heavy atom. The van der Waals surface area contributed by atoms with E-state index in [1.54, 1.807) is 0 Å². The van der Waals surface area contributed by atoms with E-state index in [2.05, 4.69) is 10.6 Å². The molecule has 0 aliphatic carbocycles. The minimum absolute atomic E-state index is 0.0516. The molecule has 0 heterocycles. The summed E-state index contributed by atoms with van der Waals surface area (Å²) in [6.45, 7) is 0.288. The maximum Gasteiger partial charge on any atom is 0.240 e. The summed E-state index contributed by atoms with van der Waals surface area (Å²) in [6.07, 6.45) is 6.18. The van der Waals surface area contributed by atoms with Crippen molar-refractivity contribution in [3.05, 3.63) is 28.2 Å². The summed E-state index contributed by atoms with van der Waals surface area (Å²) in [5.74, 6) is 2.43. The fourth-order valence-corrected chi connectivity index (χ4v) is 2.96. The first-order valence-electron chi connectivity index (χ1n) is 4.85. The number of nitrogens with one attached hydrogen (secondary N) is 1. The van der Waals surface area contributed by atoms with Crippen molar-refractivity contribution >= 4 is 33.2 Å². The summed E-state index contributed by atoms with van der Waals surface area (Å²) in [6, 6.07) is 4.16. The molecule has 17 heavy (non-hydrogen) atoms. The van der Waals surface area contributed by atoms with Crippen LogP contribution in [0, 0.1) is 12.3 Å². The van der Waals surface area contributed by atoms with Crippen LogP contribution in [-0.4, -0.2) is 15.0 Å². The van der Waals surface area contributed by atoms with Crippen LogP contribution in [0.3, 0.4) is 0 Å². The van der Waals surface area contributed by atoms with Crippen molar-refractivity contribution in [3.8, 4) is 12.3 Å². The summed E-state index contributed by atoms with van der Waals surface area (Å²) >= 11 is 11.5. The number of halogens is 2. The van der Waals surface area contributed by atoms with Crippen LogP contribution in [0.5, 0.6) is 0 Å². The molecule has 0 bridgehead atoms. The molecule has 0 saturated carbocycles. The summed E-state index contributed by atoms with van der Waals surface area (Å²) < 4.78 is 26.1. The lowest BCUT2D eigenvalue weighted by atomic mass is 10.3. The highest BCUT2D eigenvalue weighted by Crippen LogP contribution is 2.22. The van der Waals surface area contributed by atoms with Gasteiger partial charge in [0.05, 0.1) is 4.90 Å². The van der Waals surface area contributed by atoms with Crippen molar-refractivity contribution in [2.75, 3.05) is 6.54 Å². The van der Waals surface area contributed by atoms with Gasteiger partial charge in [0.1, 0.15) is 0 Å². The first-order chi connectivity index (χ1) is 7.95. The van der Waals surface area contributed by atoms with Crippen LogP contribution in [0.1, 0.15) is 12.8 Å². The second-order valence-electron chi connectivity index (χ2n) is 3.31. The molecule has 1 rings (SSSR count). The third kappa shape index (κ3) is 4.57. The minimum atomic E-state index is -3.57. The Labute approximate surface area is 111 Å². The van der Waals surface area contributed by atoms with Gasteiger partial charge in [-0.2, -0.15) is 0 Å². The summed E-state index contributed by atoms with van der Waals surface area (Å²) in [5.41, 5.74) is 0. The molecule has 0 aliphatic rings. The summed E-state index contributed by atoms with van der Waals surface area (Å²) in [5, 5.41) is 0.558. The molecule has 0 atom stereocenters. The highest BCUT2D eigenvalue weighted by Gasteiger charge is 2.14. The highest BCUT2D eigenvalue weighted by molar-refractivity contribution is 7.89. The molecule has 3 nitrogen and oxygen atoms in total. The van der Waals surface area contributed by atoms with E-state index in [4.69, 9.17) is 29.6 Å². The van der Waals surface area contributed by atoms with Gasteiger partial charge in [-0.15, -0.1) is 12.3 Å². The molecule has 92 valence electrons. The first-order valence-corrected chi connectivity index (χ1v) is 7.09. The van der Waals surface area contributed by atoms with Gasteiger partial charge in [-0.05, 0) is 24.6 Å². The second-order valence-corrected chi connectivity index (χ2v) is 5.95. The molecule has 6 heteroatoms. The first kappa shape index (κ1) is 14.3. The predicted molar refractivity (Wildman–Crippen MR) is 69.7 cm³/mol. The van der Waals surface area contributed by atoms with E-state index in [0.717, 1.165) is 0 Å². The smallest absolute Gasteiger partial charge is 0.211 e. The summed E-state index contributed by atoms with van der Waals surface area (Å²) in [4.78, 5) is 0.0516. The third-order valence-corrected chi connectivity index (χ3v) is 3.81. The van der Waals surface area contributed by atoms with Gasteiger partial charge in [0.2, 0.25) is 10.0 Å². The lowest BCUT2D eigenvalue weighted by Crippen LogP contribution is -2.24. The Balaban J connectivity index is 2.79. The van der Waals surface area contributed by atoms with Gasteiger partial charge in [-0.25, -0.2) is 13.1 Å². The number of hydrogen-bond acceptors (Lipinski definition) is 2. The zero-order valence-corrected chi connectivity index (χ0v) is 11.2. The molecule has 1 N–H and O–H groups in total. The normalized spacial score (nSPS) is 11.1. The molecule has 0 unspecified atom stereocenters. The number of benzene rings is 1. The molecular formula is C11H11Cl2NO2S. The van der Waals surface area contributed by atoms with Crippen molar-refractivity contribution in [2.45, 2.75) is 17.7 Å².